The number of methoxy groups -OCH3 is 1. The average Bonchev–Trinajstić information content (AvgIpc) is 2.99. The largest absolute Gasteiger partial charge is 0.497 e. The number of ketones is 1. The first-order chi connectivity index (χ1) is 12.3. The summed E-state index contributed by atoms with van der Waals surface area (Å²) in [5.41, 5.74) is 0.331. The third kappa shape index (κ3) is 2.94. The Hall–Kier alpha value is -2.81. The van der Waals surface area contributed by atoms with E-state index in [-0.39, 0.29) is 17.1 Å². The molecule has 0 atom stereocenters. The van der Waals surface area contributed by atoms with Crippen LogP contribution in [0.2, 0.25) is 0 Å². The summed E-state index contributed by atoms with van der Waals surface area (Å²) in [5, 5.41) is 0.500. The highest BCUT2D eigenvalue weighted by Crippen LogP contribution is 2.22. The fraction of sp³-hybridized carbons (Fsp3) is 0.294. The predicted octanol–water partition coefficient (Wildman–Crippen LogP) is 0.954. The summed E-state index contributed by atoms with van der Waals surface area (Å²) in [4.78, 5) is 41.0. The summed E-state index contributed by atoms with van der Waals surface area (Å²) >= 11 is 1.22. The molecule has 9 heteroatoms. The Morgan fingerprint density at radius 1 is 1.08 bits per heavy atom. The minimum absolute atomic E-state index is 0.0634. The second-order valence-electron chi connectivity index (χ2n) is 5.77. The Labute approximate surface area is 153 Å². The molecule has 0 aliphatic heterocycles. The topological polar surface area (TPSA) is 88.1 Å². The molecule has 0 radical (unpaired) electrons. The van der Waals surface area contributed by atoms with Gasteiger partial charge in [-0.15, -0.1) is 0 Å². The van der Waals surface area contributed by atoms with Crippen LogP contribution in [0.1, 0.15) is 10.4 Å². The maximum atomic E-state index is 12.4. The third-order valence-corrected chi connectivity index (χ3v) is 5.20. The lowest BCUT2D eigenvalue weighted by molar-refractivity contribution is 0.102. The lowest BCUT2D eigenvalue weighted by Crippen LogP contribution is -2.37. The van der Waals surface area contributed by atoms with Crippen LogP contribution in [0.3, 0.4) is 0 Å². The van der Waals surface area contributed by atoms with Crippen LogP contribution in [0.15, 0.2) is 39.0 Å². The molecule has 0 spiro atoms. The van der Waals surface area contributed by atoms with Crippen LogP contribution in [-0.2, 0) is 21.1 Å². The van der Waals surface area contributed by atoms with Crippen LogP contribution < -0.4 is 16.0 Å². The molecule has 2 aromatic heterocycles. The number of Topliss-reactive ketones (excluding diaryl/α,β-unsaturated/α-hetero) is 1. The van der Waals surface area contributed by atoms with Crippen molar-refractivity contribution in [3.8, 4) is 5.75 Å². The fourth-order valence-electron chi connectivity index (χ4n) is 2.68. The Morgan fingerprint density at radius 3 is 2.35 bits per heavy atom. The number of aromatic nitrogens is 4. The molecule has 3 rings (SSSR count). The normalized spacial score (nSPS) is 11.1. The first-order valence-electron chi connectivity index (χ1n) is 7.77. The second-order valence-corrected chi connectivity index (χ2v) is 6.71. The molecule has 0 saturated heterocycles. The van der Waals surface area contributed by atoms with Crippen molar-refractivity contribution in [2.45, 2.75) is 5.16 Å². The van der Waals surface area contributed by atoms with E-state index >= 15 is 0 Å². The number of ether oxygens (including phenoxy) is 1. The number of nitrogens with zero attached hydrogens (tertiary/aromatic N) is 4. The molecule has 0 saturated carbocycles. The molecule has 0 unspecified atom stereocenters. The molecule has 1 aromatic carbocycles. The standard InChI is InChI=1S/C17H18N4O4S/c1-19-14-13(15(23)21(3)17(24)20(14)2)18-16(19)26-9-12(22)10-5-7-11(25-4)8-6-10/h5-8H,9H2,1-4H3. The Morgan fingerprint density at radius 2 is 1.73 bits per heavy atom. The lowest BCUT2D eigenvalue weighted by atomic mass is 10.1. The second kappa shape index (κ2) is 6.83. The summed E-state index contributed by atoms with van der Waals surface area (Å²) < 4.78 is 9.13. The number of aryl methyl sites for hydroxylation is 2. The molecule has 136 valence electrons. The van der Waals surface area contributed by atoms with Crippen molar-refractivity contribution in [3.63, 3.8) is 0 Å². The molecule has 0 aliphatic rings. The predicted molar refractivity (Wildman–Crippen MR) is 99.2 cm³/mol. The van der Waals surface area contributed by atoms with Gasteiger partial charge in [0.25, 0.3) is 5.56 Å². The van der Waals surface area contributed by atoms with E-state index in [2.05, 4.69) is 4.98 Å². The molecule has 8 nitrogen and oxygen atoms in total. The van der Waals surface area contributed by atoms with Gasteiger partial charge in [-0.3, -0.25) is 18.7 Å². The fourth-order valence-corrected chi connectivity index (χ4v) is 3.54. The van der Waals surface area contributed by atoms with Crippen molar-refractivity contribution in [3.05, 3.63) is 50.7 Å². The number of hydrogen-bond donors (Lipinski definition) is 0. The zero-order chi connectivity index (χ0) is 19.0. The number of benzene rings is 1. The van der Waals surface area contributed by atoms with Crippen LogP contribution in [-0.4, -0.2) is 37.3 Å². The minimum Gasteiger partial charge on any atom is -0.497 e. The van der Waals surface area contributed by atoms with Gasteiger partial charge in [0.2, 0.25) is 0 Å². The van der Waals surface area contributed by atoms with Gasteiger partial charge in [-0.25, -0.2) is 9.78 Å². The summed E-state index contributed by atoms with van der Waals surface area (Å²) in [6.45, 7) is 0. The zero-order valence-corrected chi connectivity index (χ0v) is 15.7. The SMILES string of the molecule is COc1ccc(C(=O)CSc2nc3c(=O)n(C)c(=O)n(C)c3n2C)cc1. The van der Waals surface area contributed by atoms with Crippen molar-refractivity contribution in [1.29, 1.82) is 0 Å². The van der Waals surface area contributed by atoms with Crippen LogP contribution in [0.25, 0.3) is 11.2 Å². The smallest absolute Gasteiger partial charge is 0.332 e. The first-order valence-corrected chi connectivity index (χ1v) is 8.76. The van der Waals surface area contributed by atoms with Gasteiger partial charge in [-0.1, -0.05) is 11.8 Å². The summed E-state index contributed by atoms with van der Waals surface area (Å²) in [6.07, 6.45) is 0. The summed E-state index contributed by atoms with van der Waals surface area (Å²) in [7, 11) is 6.28. The van der Waals surface area contributed by atoms with E-state index in [4.69, 9.17) is 4.74 Å². The van der Waals surface area contributed by atoms with Crippen LogP contribution >= 0.6 is 11.8 Å². The molecular formula is C17H18N4O4S. The first kappa shape index (κ1) is 18.0. The molecule has 2 heterocycles. The molecule has 0 N–H and O–H groups in total. The number of rotatable bonds is 5. The maximum Gasteiger partial charge on any atom is 0.332 e. The van der Waals surface area contributed by atoms with Crippen LogP contribution in [0.4, 0.5) is 0 Å². The highest BCUT2D eigenvalue weighted by atomic mass is 32.2. The van der Waals surface area contributed by atoms with Crippen molar-refractivity contribution in [2.75, 3.05) is 12.9 Å². The van der Waals surface area contributed by atoms with Crippen LogP contribution in [0.5, 0.6) is 5.75 Å². The molecule has 0 aliphatic carbocycles. The highest BCUT2D eigenvalue weighted by Gasteiger charge is 2.18. The number of thioether (sulfide) groups is 1. The Bertz CT molecular complexity index is 1110. The van der Waals surface area contributed by atoms with Crippen molar-refractivity contribution in [1.82, 2.24) is 18.7 Å². The van der Waals surface area contributed by atoms with E-state index in [1.807, 2.05) is 0 Å². The number of carbonyl (C=O) groups excluding carboxylic acids is 1. The summed E-state index contributed by atoms with van der Waals surface area (Å²) in [5.74, 6) is 0.783. The van der Waals surface area contributed by atoms with E-state index < -0.39 is 11.2 Å². The van der Waals surface area contributed by atoms with E-state index in [0.29, 0.717) is 22.1 Å². The molecule has 0 amide bonds. The maximum absolute atomic E-state index is 12.4. The monoisotopic (exact) mass is 374 g/mol. The van der Waals surface area contributed by atoms with Crippen molar-refractivity contribution >= 4 is 28.7 Å². The molecule has 3 aromatic rings. The van der Waals surface area contributed by atoms with Crippen LogP contribution in [0, 0.1) is 0 Å². The number of carbonyl (C=O) groups is 1. The summed E-state index contributed by atoms with van der Waals surface area (Å²) in [6, 6.07) is 6.87. The quantitative estimate of drug-likeness (QED) is 0.488. The molecular weight excluding hydrogens is 356 g/mol. The van der Waals surface area contributed by atoms with Gasteiger partial charge in [0.15, 0.2) is 22.1 Å². The van der Waals surface area contributed by atoms with Crippen molar-refractivity contribution in [2.24, 2.45) is 21.1 Å². The number of imidazole rings is 1. The van der Waals surface area contributed by atoms with Gasteiger partial charge >= 0.3 is 5.69 Å². The molecule has 26 heavy (non-hydrogen) atoms. The van der Waals surface area contributed by atoms with E-state index in [1.165, 1.54) is 23.4 Å². The zero-order valence-electron chi connectivity index (χ0n) is 14.8. The van der Waals surface area contributed by atoms with E-state index in [0.717, 1.165) is 4.57 Å². The number of hydrogen-bond acceptors (Lipinski definition) is 6. The van der Waals surface area contributed by atoms with Gasteiger partial charge in [-0.05, 0) is 24.3 Å². The van der Waals surface area contributed by atoms with E-state index in [9.17, 15) is 14.4 Å². The van der Waals surface area contributed by atoms with Crippen molar-refractivity contribution < 1.29 is 9.53 Å². The Balaban J connectivity index is 1.89. The van der Waals surface area contributed by atoms with Gasteiger partial charge in [0.05, 0.1) is 12.9 Å². The third-order valence-electron chi connectivity index (χ3n) is 4.17. The highest BCUT2D eigenvalue weighted by molar-refractivity contribution is 7.99. The van der Waals surface area contributed by atoms with Gasteiger partial charge in [0, 0.05) is 26.7 Å². The average molecular weight is 374 g/mol. The van der Waals surface area contributed by atoms with Gasteiger partial charge in [0.1, 0.15) is 5.75 Å². The number of fused-ring (bicyclic) bond motifs is 1. The minimum atomic E-state index is -0.452. The molecule has 0 fully saturated rings. The van der Waals surface area contributed by atoms with E-state index in [1.54, 1.807) is 50.0 Å². The van der Waals surface area contributed by atoms with Gasteiger partial charge in [-0.2, -0.15) is 0 Å². The lowest BCUT2D eigenvalue weighted by Gasteiger charge is -2.06. The van der Waals surface area contributed by atoms with Gasteiger partial charge < -0.3 is 9.30 Å². The molecule has 0 bridgehead atoms. The Kier molecular flexibility index (Phi) is 4.73.